The van der Waals surface area contributed by atoms with Gasteiger partial charge < -0.3 is 5.11 Å². The van der Waals surface area contributed by atoms with Gasteiger partial charge in [-0.1, -0.05) is 18.2 Å². The van der Waals surface area contributed by atoms with Gasteiger partial charge >= 0.3 is 17.1 Å². The number of hydrogen-bond donors (Lipinski definition) is 1. The zero-order valence-corrected chi connectivity index (χ0v) is 7.42. The molecule has 0 aliphatic rings. The summed E-state index contributed by atoms with van der Waals surface area (Å²) < 4.78 is 0. The summed E-state index contributed by atoms with van der Waals surface area (Å²) in [4.78, 5) is 4.03. The Morgan fingerprint density at radius 2 is 1.83 bits per heavy atom. The summed E-state index contributed by atoms with van der Waals surface area (Å²) in [6.45, 7) is 0. The van der Waals surface area contributed by atoms with Crippen molar-refractivity contribution in [2.75, 3.05) is 0 Å². The van der Waals surface area contributed by atoms with Gasteiger partial charge in [0.15, 0.2) is 0 Å². The molecule has 0 amide bonds. The molecular formula is C9H7MnNO+3. The number of nitrogens with zero attached hydrogens (tertiary/aromatic N) is 1. The average molecular weight is 200 g/mol. The van der Waals surface area contributed by atoms with Crippen molar-refractivity contribution >= 4 is 10.9 Å². The molecule has 58 valence electrons. The molecule has 1 heterocycles. The van der Waals surface area contributed by atoms with Crippen molar-refractivity contribution in [3.63, 3.8) is 0 Å². The van der Waals surface area contributed by atoms with Gasteiger partial charge in [-0.25, -0.2) is 0 Å². The first kappa shape index (κ1) is 9.04. The summed E-state index contributed by atoms with van der Waals surface area (Å²) in [6.07, 6.45) is 1.67. The van der Waals surface area contributed by atoms with Crippen molar-refractivity contribution < 1.29 is 22.2 Å². The maximum Gasteiger partial charge on any atom is 3.00 e. The molecule has 0 fully saturated rings. The molecule has 1 aromatic heterocycles. The third-order valence-corrected chi connectivity index (χ3v) is 1.61. The maximum absolute atomic E-state index is 9.31. The van der Waals surface area contributed by atoms with Crippen molar-refractivity contribution in [2.24, 2.45) is 0 Å². The van der Waals surface area contributed by atoms with Gasteiger partial charge in [0.2, 0.25) is 0 Å². The Hall–Kier alpha value is -1.05. The summed E-state index contributed by atoms with van der Waals surface area (Å²) in [7, 11) is 0. The minimum absolute atomic E-state index is 0. The van der Waals surface area contributed by atoms with E-state index in [0.717, 1.165) is 5.39 Å². The van der Waals surface area contributed by atoms with Gasteiger partial charge in [-0.15, -0.1) is 0 Å². The van der Waals surface area contributed by atoms with Crippen LogP contribution >= 0.6 is 0 Å². The van der Waals surface area contributed by atoms with Gasteiger partial charge in [-0.2, -0.15) is 0 Å². The van der Waals surface area contributed by atoms with Crippen LogP contribution in [0.15, 0.2) is 36.5 Å². The SMILES string of the molecule is Oc1cccc2cccnc12.[Mn+3]. The standard InChI is InChI=1S/C9H7NO.Mn/c11-8-5-1-3-7-4-2-6-10-9(7)8;/h1-6,11H;/q;+3. The van der Waals surface area contributed by atoms with E-state index in [0.29, 0.717) is 5.52 Å². The Balaban J connectivity index is 0.000000720. The molecular weight excluding hydrogens is 193 g/mol. The van der Waals surface area contributed by atoms with Crippen LogP contribution in [0, 0.1) is 0 Å². The second kappa shape index (κ2) is 3.57. The van der Waals surface area contributed by atoms with Crippen molar-refractivity contribution in [1.82, 2.24) is 4.98 Å². The van der Waals surface area contributed by atoms with Crippen LogP contribution in [0.1, 0.15) is 0 Å². The van der Waals surface area contributed by atoms with Crippen LogP contribution in [0.3, 0.4) is 0 Å². The van der Waals surface area contributed by atoms with Gasteiger partial charge in [0.25, 0.3) is 0 Å². The van der Waals surface area contributed by atoms with Crippen LogP contribution in [-0.2, 0) is 17.1 Å². The fraction of sp³-hybridized carbons (Fsp3) is 0. The number of pyridine rings is 1. The quantitative estimate of drug-likeness (QED) is 0.659. The molecule has 0 unspecified atom stereocenters. The molecule has 0 radical (unpaired) electrons. The number of phenolic OH excluding ortho intramolecular Hbond substituents is 1. The number of fused-ring (bicyclic) bond motifs is 1. The molecule has 2 aromatic rings. The third-order valence-electron chi connectivity index (χ3n) is 1.61. The average Bonchev–Trinajstić information content (AvgIpc) is 2.06. The smallest absolute Gasteiger partial charge is 0.506 e. The van der Waals surface area contributed by atoms with E-state index >= 15 is 0 Å². The fourth-order valence-electron chi connectivity index (χ4n) is 1.09. The minimum Gasteiger partial charge on any atom is -0.506 e. The largest absolute Gasteiger partial charge is 3.00 e. The molecule has 12 heavy (non-hydrogen) atoms. The number of hydrogen-bond acceptors (Lipinski definition) is 2. The predicted octanol–water partition coefficient (Wildman–Crippen LogP) is 1.94. The molecule has 0 aliphatic carbocycles. The summed E-state index contributed by atoms with van der Waals surface area (Å²) in [5, 5.41) is 10.3. The van der Waals surface area contributed by atoms with Crippen molar-refractivity contribution in [3.8, 4) is 5.75 Å². The molecule has 3 heteroatoms. The van der Waals surface area contributed by atoms with E-state index < -0.39 is 0 Å². The number of aromatic nitrogens is 1. The normalized spacial score (nSPS) is 9.33. The molecule has 0 saturated carbocycles. The number of benzene rings is 1. The molecule has 0 saturated heterocycles. The zero-order chi connectivity index (χ0) is 7.68. The van der Waals surface area contributed by atoms with Crippen molar-refractivity contribution in [2.45, 2.75) is 0 Å². The van der Waals surface area contributed by atoms with E-state index in [4.69, 9.17) is 0 Å². The Bertz CT molecular complexity index is 384. The first-order valence-electron chi connectivity index (χ1n) is 3.40. The van der Waals surface area contributed by atoms with Crippen molar-refractivity contribution in [1.29, 1.82) is 0 Å². The Labute approximate surface area is 80.7 Å². The molecule has 2 rings (SSSR count). The first-order chi connectivity index (χ1) is 5.38. The Morgan fingerprint density at radius 1 is 1.08 bits per heavy atom. The van der Waals surface area contributed by atoms with Crippen molar-refractivity contribution in [3.05, 3.63) is 36.5 Å². The zero-order valence-electron chi connectivity index (χ0n) is 6.24. The monoisotopic (exact) mass is 200 g/mol. The van der Waals surface area contributed by atoms with Gasteiger partial charge in [0.1, 0.15) is 11.3 Å². The maximum atomic E-state index is 9.31. The summed E-state index contributed by atoms with van der Waals surface area (Å²) in [5.41, 5.74) is 0.662. The topological polar surface area (TPSA) is 33.1 Å². The van der Waals surface area contributed by atoms with Crippen LogP contribution in [0.4, 0.5) is 0 Å². The second-order valence-corrected chi connectivity index (χ2v) is 2.35. The number of aromatic hydroxyl groups is 1. The Kier molecular flexibility index (Phi) is 2.69. The first-order valence-corrected chi connectivity index (χ1v) is 3.40. The van der Waals surface area contributed by atoms with Gasteiger partial charge in [0.05, 0.1) is 0 Å². The second-order valence-electron chi connectivity index (χ2n) is 2.35. The van der Waals surface area contributed by atoms with Crippen LogP contribution in [0.2, 0.25) is 0 Å². The fourth-order valence-corrected chi connectivity index (χ4v) is 1.09. The van der Waals surface area contributed by atoms with E-state index in [1.807, 2.05) is 18.2 Å². The van der Waals surface area contributed by atoms with E-state index in [9.17, 15) is 5.11 Å². The molecule has 2 nitrogen and oxygen atoms in total. The molecule has 0 spiro atoms. The molecule has 0 bridgehead atoms. The third kappa shape index (κ3) is 1.42. The summed E-state index contributed by atoms with van der Waals surface area (Å²) in [6, 6.07) is 9.13. The van der Waals surface area contributed by atoms with Gasteiger partial charge in [-0.3, -0.25) is 4.98 Å². The van der Waals surface area contributed by atoms with E-state index in [-0.39, 0.29) is 22.8 Å². The van der Waals surface area contributed by atoms with E-state index in [1.54, 1.807) is 18.3 Å². The van der Waals surface area contributed by atoms with Crippen LogP contribution in [-0.4, -0.2) is 10.1 Å². The summed E-state index contributed by atoms with van der Waals surface area (Å²) >= 11 is 0. The molecule has 1 N–H and O–H groups in total. The van der Waals surface area contributed by atoms with E-state index in [2.05, 4.69) is 4.98 Å². The molecule has 0 aliphatic heterocycles. The van der Waals surface area contributed by atoms with Crippen LogP contribution in [0.5, 0.6) is 5.75 Å². The summed E-state index contributed by atoms with van der Waals surface area (Å²) in [5.74, 6) is 0.239. The number of phenols is 1. The predicted molar refractivity (Wildman–Crippen MR) is 43.4 cm³/mol. The number of para-hydroxylation sites is 1. The molecule has 0 atom stereocenters. The van der Waals surface area contributed by atoms with Gasteiger partial charge in [-0.05, 0) is 12.1 Å². The Morgan fingerprint density at radius 3 is 2.58 bits per heavy atom. The van der Waals surface area contributed by atoms with Crippen LogP contribution in [0.25, 0.3) is 10.9 Å². The minimum atomic E-state index is 0. The molecule has 1 aromatic carbocycles. The van der Waals surface area contributed by atoms with Gasteiger partial charge in [0, 0.05) is 11.6 Å². The van der Waals surface area contributed by atoms with Crippen LogP contribution < -0.4 is 0 Å². The number of rotatable bonds is 0. The van der Waals surface area contributed by atoms with E-state index in [1.165, 1.54) is 0 Å².